The zero-order valence-corrected chi connectivity index (χ0v) is 12.2. The lowest BCUT2D eigenvalue weighted by Crippen LogP contribution is -2.49. The number of pyridine rings is 1. The Bertz CT molecular complexity index is 307. The minimum atomic E-state index is 0. The van der Waals surface area contributed by atoms with Crippen LogP contribution < -0.4 is 10.2 Å². The molecule has 6 heteroatoms. The van der Waals surface area contributed by atoms with Gasteiger partial charge in [0.25, 0.3) is 0 Å². The number of aromatic nitrogens is 1. The van der Waals surface area contributed by atoms with E-state index in [0.717, 1.165) is 29.9 Å². The van der Waals surface area contributed by atoms with E-state index in [1.165, 1.54) is 0 Å². The van der Waals surface area contributed by atoms with Gasteiger partial charge in [-0.1, -0.05) is 0 Å². The van der Waals surface area contributed by atoms with Gasteiger partial charge in [0.2, 0.25) is 0 Å². The first-order valence-corrected chi connectivity index (χ1v) is 5.65. The molecular formula is C10H16BrCl2N3. The van der Waals surface area contributed by atoms with Crippen molar-refractivity contribution in [2.45, 2.75) is 13.0 Å². The summed E-state index contributed by atoms with van der Waals surface area (Å²) >= 11 is 3.39. The van der Waals surface area contributed by atoms with Gasteiger partial charge in [-0.15, -0.1) is 24.8 Å². The summed E-state index contributed by atoms with van der Waals surface area (Å²) in [6, 6.07) is 4.64. The predicted molar refractivity (Wildman–Crippen MR) is 76.1 cm³/mol. The molecule has 0 bridgehead atoms. The molecule has 1 aliphatic rings. The van der Waals surface area contributed by atoms with Gasteiger partial charge in [-0.25, -0.2) is 4.98 Å². The largest absolute Gasteiger partial charge is 0.354 e. The number of rotatable bonds is 1. The Hall–Kier alpha value is -0.0300. The second-order valence-electron chi connectivity index (χ2n) is 3.64. The number of hydrogen-bond acceptors (Lipinski definition) is 3. The van der Waals surface area contributed by atoms with Gasteiger partial charge in [-0.3, -0.25) is 0 Å². The van der Waals surface area contributed by atoms with E-state index in [1.807, 2.05) is 12.3 Å². The molecule has 2 rings (SSSR count). The molecule has 16 heavy (non-hydrogen) atoms. The van der Waals surface area contributed by atoms with E-state index in [4.69, 9.17) is 0 Å². The number of anilines is 1. The van der Waals surface area contributed by atoms with Crippen molar-refractivity contribution >= 4 is 46.6 Å². The van der Waals surface area contributed by atoms with Gasteiger partial charge in [-0.2, -0.15) is 0 Å². The second-order valence-corrected chi connectivity index (χ2v) is 4.55. The fourth-order valence-corrected chi connectivity index (χ4v) is 1.93. The highest BCUT2D eigenvalue weighted by atomic mass is 79.9. The van der Waals surface area contributed by atoms with Gasteiger partial charge in [0, 0.05) is 36.3 Å². The molecule has 1 aromatic heterocycles. The molecule has 1 aromatic rings. The van der Waals surface area contributed by atoms with Crippen LogP contribution in [-0.2, 0) is 0 Å². The summed E-state index contributed by atoms with van der Waals surface area (Å²) in [6.45, 7) is 5.32. The molecule has 0 aliphatic carbocycles. The van der Waals surface area contributed by atoms with Crippen LogP contribution in [0.3, 0.4) is 0 Å². The van der Waals surface area contributed by atoms with Gasteiger partial charge in [0.15, 0.2) is 0 Å². The average Bonchev–Trinajstić information content (AvgIpc) is 2.19. The zero-order valence-electron chi connectivity index (χ0n) is 9.02. The summed E-state index contributed by atoms with van der Waals surface area (Å²) in [5.41, 5.74) is 0. The molecule has 1 fully saturated rings. The molecule has 1 atom stereocenters. The van der Waals surface area contributed by atoms with Gasteiger partial charge < -0.3 is 10.2 Å². The highest BCUT2D eigenvalue weighted by Crippen LogP contribution is 2.15. The summed E-state index contributed by atoms with van der Waals surface area (Å²) in [5.74, 6) is 1.07. The maximum absolute atomic E-state index is 4.39. The summed E-state index contributed by atoms with van der Waals surface area (Å²) < 4.78 is 1.03. The first-order valence-electron chi connectivity index (χ1n) is 4.85. The lowest BCUT2D eigenvalue weighted by molar-refractivity contribution is 0.482. The van der Waals surface area contributed by atoms with E-state index in [0.29, 0.717) is 6.04 Å². The van der Waals surface area contributed by atoms with Gasteiger partial charge in [-0.05, 0) is 35.0 Å². The Balaban J connectivity index is 0.00000112. The number of nitrogens with zero attached hydrogens (tertiary/aromatic N) is 2. The summed E-state index contributed by atoms with van der Waals surface area (Å²) in [5, 5.41) is 3.41. The van der Waals surface area contributed by atoms with E-state index in [-0.39, 0.29) is 24.8 Å². The second kappa shape index (κ2) is 7.33. The Morgan fingerprint density at radius 3 is 2.75 bits per heavy atom. The van der Waals surface area contributed by atoms with E-state index in [9.17, 15) is 0 Å². The highest BCUT2D eigenvalue weighted by Gasteiger charge is 2.16. The molecule has 2 heterocycles. The normalized spacial score (nSPS) is 19.6. The van der Waals surface area contributed by atoms with Crippen molar-refractivity contribution in [1.29, 1.82) is 0 Å². The van der Waals surface area contributed by atoms with Crippen molar-refractivity contribution in [2.75, 3.05) is 24.5 Å². The first-order chi connectivity index (χ1) is 6.75. The summed E-state index contributed by atoms with van der Waals surface area (Å²) in [6.07, 6.45) is 1.85. The van der Waals surface area contributed by atoms with Crippen molar-refractivity contribution in [2.24, 2.45) is 0 Å². The Morgan fingerprint density at radius 2 is 2.19 bits per heavy atom. The van der Waals surface area contributed by atoms with Crippen molar-refractivity contribution in [1.82, 2.24) is 10.3 Å². The molecule has 3 nitrogen and oxygen atoms in total. The molecular weight excluding hydrogens is 313 g/mol. The van der Waals surface area contributed by atoms with E-state index in [2.05, 4.69) is 44.1 Å². The van der Waals surface area contributed by atoms with Crippen molar-refractivity contribution in [3.05, 3.63) is 22.8 Å². The minimum absolute atomic E-state index is 0. The Morgan fingerprint density at radius 1 is 1.44 bits per heavy atom. The molecule has 1 aliphatic heterocycles. The topological polar surface area (TPSA) is 28.2 Å². The molecule has 0 saturated carbocycles. The van der Waals surface area contributed by atoms with Crippen LogP contribution in [0, 0.1) is 0 Å². The Labute approximate surface area is 117 Å². The smallest absolute Gasteiger partial charge is 0.128 e. The molecule has 92 valence electrons. The predicted octanol–water partition coefficient (Wildman–Crippen LogP) is 2.49. The van der Waals surface area contributed by atoms with E-state index in [1.54, 1.807) is 0 Å². The number of halogens is 3. The van der Waals surface area contributed by atoms with E-state index >= 15 is 0 Å². The third-order valence-electron chi connectivity index (χ3n) is 2.40. The molecule has 1 saturated heterocycles. The monoisotopic (exact) mass is 327 g/mol. The van der Waals surface area contributed by atoms with Crippen LogP contribution in [0.5, 0.6) is 0 Å². The van der Waals surface area contributed by atoms with Gasteiger partial charge in [0.05, 0.1) is 0 Å². The molecule has 0 amide bonds. The first kappa shape index (κ1) is 16.0. The van der Waals surface area contributed by atoms with Crippen LogP contribution in [0.1, 0.15) is 6.92 Å². The molecule has 0 aromatic carbocycles. The number of hydrogen-bond donors (Lipinski definition) is 1. The van der Waals surface area contributed by atoms with Crippen LogP contribution >= 0.6 is 40.7 Å². The molecule has 1 N–H and O–H groups in total. The fraction of sp³-hybridized carbons (Fsp3) is 0.500. The van der Waals surface area contributed by atoms with Gasteiger partial charge in [0.1, 0.15) is 5.82 Å². The lowest BCUT2D eigenvalue weighted by atomic mass is 10.2. The summed E-state index contributed by atoms with van der Waals surface area (Å²) in [4.78, 5) is 6.70. The number of nitrogens with one attached hydrogen (secondary N) is 1. The molecule has 0 spiro atoms. The SMILES string of the molecule is CC1CN(c2ccc(Br)cn2)CCN1.Cl.Cl. The third-order valence-corrected chi connectivity index (χ3v) is 2.87. The zero-order chi connectivity index (χ0) is 9.97. The van der Waals surface area contributed by atoms with Crippen molar-refractivity contribution in [3.63, 3.8) is 0 Å². The molecule has 0 radical (unpaired) electrons. The fourth-order valence-electron chi connectivity index (χ4n) is 1.70. The van der Waals surface area contributed by atoms with Gasteiger partial charge >= 0.3 is 0 Å². The van der Waals surface area contributed by atoms with Crippen LogP contribution in [0.15, 0.2) is 22.8 Å². The summed E-state index contributed by atoms with van der Waals surface area (Å²) in [7, 11) is 0. The minimum Gasteiger partial charge on any atom is -0.354 e. The quantitative estimate of drug-likeness (QED) is 0.858. The molecule has 1 unspecified atom stereocenters. The van der Waals surface area contributed by atoms with Crippen LogP contribution in [0.25, 0.3) is 0 Å². The third kappa shape index (κ3) is 4.09. The maximum Gasteiger partial charge on any atom is 0.128 e. The van der Waals surface area contributed by atoms with Crippen molar-refractivity contribution < 1.29 is 0 Å². The average molecular weight is 329 g/mol. The van der Waals surface area contributed by atoms with E-state index < -0.39 is 0 Å². The highest BCUT2D eigenvalue weighted by molar-refractivity contribution is 9.10. The van der Waals surface area contributed by atoms with Crippen LogP contribution in [-0.4, -0.2) is 30.7 Å². The Kier molecular flexibility index (Phi) is 7.31. The number of piperazine rings is 1. The lowest BCUT2D eigenvalue weighted by Gasteiger charge is -2.32. The standard InChI is InChI=1S/C10H14BrN3.2ClH/c1-8-7-14(5-4-12-8)10-3-2-9(11)6-13-10;;/h2-3,6,8,12H,4-5,7H2,1H3;2*1H. The maximum atomic E-state index is 4.39. The van der Waals surface area contributed by atoms with Crippen LogP contribution in [0.2, 0.25) is 0 Å². The van der Waals surface area contributed by atoms with Crippen molar-refractivity contribution in [3.8, 4) is 0 Å². The van der Waals surface area contributed by atoms with Crippen LogP contribution in [0.4, 0.5) is 5.82 Å².